The number of benzene rings is 1. The normalized spacial score (nSPS) is 12.4. The van der Waals surface area contributed by atoms with Crippen LogP contribution in [0.1, 0.15) is 44.6 Å². The zero-order valence-corrected chi connectivity index (χ0v) is 11.1. The Balaban J connectivity index is 2.35. The molecule has 0 fully saturated rings. The molecule has 0 amide bonds. The second-order valence-corrected chi connectivity index (χ2v) is 4.74. The van der Waals surface area contributed by atoms with Crippen LogP contribution in [-0.4, -0.2) is 17.8 Å². The molecule has 17 heavy (non-hydrogen) atoms. The number of unbranched alkanes of at least 4 members (excludes halogenated alkanes) is 3. The van der Waals surface area contributed by atoms with Crippen molar-refractivity contribution in [2.24, 2.45) is 0 Å². The fraction of sp³-hybridized carbons (Fsp3) is 0.600. The maximum absolute atomic E-state index is 9.35. The first-order valence-electron chi connectivity index (χ1n) is 6.70. The van der Waals surface area contributed by atoms with Gasteiger partial charge in [0, 0.05) is 11.7 Å². The van der Waals surface area contributed by atoms with Gasteiger partial charge in [-0.05, 0) is 31.0 Å². The molecule has 2 N–H and O–H groups in total. The minimum absolute atomic E-state index is 0.189. The lowest BCUT2D eigenvalue weighted by molar-refractivity contribution is 0.266. The number of anilines is 1. The van der Waals surface area contributed by atoms with Gasteiger partial charge in [-0.2, -0.15) is 0 Å². The van der Waals surface area contributed by atoms with Gasteiger partial charge in [0.1, 0.15) is 0 Å². The van der Waals surface area contributed by atoms with E-state index in [0.29, 0.717) is 0 Å². The molecule has 1 aromatic rings. The summed E-state index contributed by atoms with van der Waals surface area (Å²) in [6, 6.07) is 8.49. The first-order chi connectivity index (χ1) is 8.26. The van der Waals surface area contributed by atoms with Crippen LogP contribution in [0.25, 0.3) is 0 Å². The Kier molecular flexibility index (Phi) is 6.71. The highest BCUT2D eigenvalue weighted by Gasteiger charge is 2.06. The number of rotatable bonds is 8. The third kappa shape index (κ3) is 5.73. The summed E-state index contributed by atoms with van der Waals surface area (Å²) in [5.41, 5.74) is 2.36. The highest BCUT2D eigenvalue weighted by molar-refractivity contribution is 5.46. The van der Waals surface area contributed by atoms with E-state index >= 15 is 0 Å². The van der Waals surface area contributed by atoms with Crippen LogP contribution >= 0.6 is 0 Å². The van der Waals surface area contributed by atoms with Crippen molar-refractivity contribution >= 4 is 5.69 Å². The van der Waals surface area contributed by atoms with Crippen molar-refractivity contribution in [2.75, 3.05) is 11.9 Å². The summed E-state index contributed by atoms with van der Waals surface area (Å²) >= 11 is 0. The van der Waals surface area contributed by atoms with E-state index in [-0.39, 0.29) is 12.6 Å². The predicted molar refractivity (Wildman–Crippen MR) is 74.4 cm³/mol. The summed E-state index contributed by atoms with van der Waals surface area (Å²) in [5, 5.41) is 12.7. The van der Waals surface area contributed by atoms with Crippen LogP contribution in [0.3, 0.4) is 0 Å². The molecule has 0 radical (unpaired) electrons. The molecular weight excluding hydrogens is 210 g/mol. The molecule has 0 aliphatic carbocycles. The third-order valence-corrected chi connectivity index (χ3v) is 3.02. The Morgan fingerprint density at radius 2 is 2.06 bits per heavy atom. The summed E-state index contributed by atoms with van der Waals surface area (Å²) in [6.45, 7) is 4.51. The fourth-order valence-corrected chi connectivity index (χ4v) is 2.00. The number of aliphatic hydroxyl groups is 1. The first-order valence-corrected chi connectivity index (χ1v) is 6.70. The van der Waals surface area contributed by atoms with Gasteiger partial charge in [0.25, 0.3) is 0 Å². The van der Waals surface area contributed by atoms with Crippen LogP contribution in [-0.2, 0) is 0 Å². The summed E-state index contributed by atoms with van der Waals surface area (Å²) in [6.07, 6.45) is 6.06. The second kappa shape index (κ2) is 8.13. The minimum Gasteiger partial charge on any atom is -0.394 e. The van der Waals surface area contributed by atoms with E-state index in [2.05, 4.69) is 37.4 Å². The number of nitrogens with one attached hydrogen (secondary N) is 1. The summed E-state index contributed by atoms with van der Waals surface area (Å²) in [5.74, 6) is 0. The van der Waals surface area contributed by atoms with Crippen molar-refractivity contribution in [3.63, 3.8) is 0 Å². The maximum atomic E-state index is 9.35. The van der Waals surface area contributed by atoms with Crippen molar-refractivity contribution in [1.29, 1.82) is 0 Å². The molecule has 1 unspecified atom stereocenters. The molecule has 0 saturated heterocycles. The Morgan fingerprint density at radius 3 is 2.71 bits per heavy atom. The largest absolute Gasteiger partial charge is 0.394 e. The molecular formula is C15H25NO. The predicted octanol–water partition coefficient (Wildman–Crippen LogP) is 3.74. The molecule has 0 saturated carbocycles. The van der Waals surface area contributed by atoms with Crippen LogP contribution in [0, 0.1) is 6.92 Å². The number of aliphatic hydroxyl groups excluding tert-OH is 1. The van der Waals surface area contributed by atoms with Gasteiger partial charge in [-0.15, -0.1) is 0 Å². The lowest BCUT2D eigenvalue weighted by Gasteiger charge is -2.17. The van der Waals surface area contributed by atoms with Crippen LogP contribution in [0.15, 0.2) is 24.3 Å². The van der Waals surface area contributed by atoms with Crippen molar-refractivity contribution < 1.29 is 5.11 Å². The van der Waals surface area contributed by atoms with E-state index in [9.17, 15) is 5.11 Å². The molecule has 0 aliphatic heterocycles. The van der Waals surface area contributed by atoms with Gasteiger partial charge in [0.2, 0.25) is 0 Å². The molecule has 1 rings (SSSR count). The van der Waals surface area contributed by atoms with Crippen molar-refractivity contribution in [1.82, 2.24) is 0 Å². The SMILES string of the molecule is CCCCCCC(CO)Nc1cccc(C)c1. The van der Waals surface area contributed by atoms with Crippen molar-refractivity contribution in [3.05, 3.63) is 29.8 Å². The van der Waals surface area contributed by atoms with Crippen LogP contribution in [0.4, 0.5) is 5.69 Å². The second-order valence-electron chi connectivity index (χ2n) is 4.74. The molecule has 96 valence electrons. The standard InChI is InChI=1S/C15H25NO/c1-3-4-5-6-9-15(12-17)16-14-10-7-8-13(2)11-14/h7-8,10-11,15-17H,3-6,9,12H2,1-2H3. The van der Waals surface area contributed by atoms with Crippen molar-refractivity contribution in [2.45, 2.75) is 52.0 Å². The first kappa shape index (κ1) is 14.0. The Hall–Kier alpha value is -1.02. The Bertz CT molecular complexity index is 312. The average Bonchev–Trinajstić information content (AvgIpc) is 2.33. The lowest BCUT2D eigenvalue weighted by Crippen LogP contribution is -2.23. The third-order valence-electron chi connectivity index (χ3n) is 3.02. The van der Waals surface area contributed by atoms with E-state index in [4.69, 9.17) is 0 Å². The van der Waals surface area contributed by atoms with E-state index in [1.807, 2.05) is 6.07 Å². The summed E-state index contributed by atoms with van der Waals surface area (Å²) in [4.78, 5) is 0. The van der Waals surface area contributed by atoms with Gasteiger partial charge in [-0.3, -0.25) is 0 Å². The molecule has 1 atom stereocenters. The molecule has 0 bridgehead atoms. The van der Waals surface area contributed by atoms with E-state index in [0.717, 1.165) is 12.1 Å². The average molecular weight is 235 g/mol. The maximum Gasteiger partial charge on any atom is 0.0632 e. The van der Waals surface area contributed by atoms with Crippen LogP contribution in [0.2, 0.25) is 0 Å². The Morgan fingerprint density at radius 1 is 1.24 bits per heavy atom. The Labute approximate surface area is 105 Å². The molecule has 1 aromatic carbocycles. The van der Waals surface area contributed by atoms with Gasteiger partial charge < -0.3 is 10.4 Å². The highest BCUT2D eigenvalue weighted by atomic mass is 16.3. The summed E-state index contributed by atoms with van der Waals surface area (Å²) in [7, 11) is 0. The van der Waals surface area contributed by atoms with Gasteiger partial charge in [-0.25, -0.2) is 0 Å². The topological polar surface area (TPSA) is 32.3 Å². The van der Waals surface area contributed by atoms with Crippen molar-refractivity contribution in [3.8, 4) is 0 Å². The minimum atomic E-state index is 0.189. The molecule has 2 nitrogen and oxygen atoms in total. The quantitative estimate of drug-likeness (QED) is 0.673. The van der Waals surface area contributed by atoms with Gasteiger partial charge in [0.15, 0.2) is 0 Å². The molecule has 0 aliphatic rings. The zero-order chi connectivity index (χ0) is 12.5. The number of aryl methyl sites for hydroxylation is 1. The van der Waals surface area contributed by atoms with Gasteiger partial charge >= 0.3 is 0 Å². The molecule has 0 aromatic heterocycles. The monoisotopic (exact) mass is 235 g/mol. The highest BCUT2D eigenvalue weighted by Crippen LogP contribution is 2.14. The number of hydrogen-bond donors (Lipinski definition) is 2. The van der Waals surface area contributed by atoms with Crippen LogP contribution in [0.5, 0.6) is 0 Å². The zero-order valence-electron chi connectivity index (χ0n) is 11.1. The van der Waals surface area contributed by atoms with Gasteiger partial charge in [0.05, 0.1) is 6.61 Å². The van der Waals surface area contributed by atoms with E-state index < -0.39 is 0 Å². The summed E-state index contributed by atoms with van der Waals surface area (Å²) < 4.78 is 0. The van der Waals surface area contributed by atoms with Crippen LogP contribution < -0.4 is 5.32 Å². The lowest BCUT2D eigenvalue weighted by atomic mass is 10.1. The molecule has 0 heterocycles. The smallest absolute Gasteiger partial charge is 0.0632 e. The molecule has 2 heteroatoms. The van der Waals surface area contributed by atoms with Gasteiger partial charge in [-0.1, -0.05) is 44.7 Å². The number of hydrogen-bond acceptors (Lipinski definition) is 2. The van der Waals surface area contributed by atoms with E-state index in [1.54, 1.807) is 0 Å². The molecule has 0 spiro atoms. The van der Waals surface area contributed by atoms with E-state index in [1.165, 1.54) is 31.2 Å². The fourth-order valence-electron chi connectivity index (χ4n) is 2.00.